The molecule has 0 radical (unpaired) electrons. The van der Waals surface area contributed by atoms with Crippen LogP contribution < -0.4 is 15.8 Å². The van der Waals surface area contributed by atoms with Gasteiger partial charge in [0.1, 0.15) is 11.8 Å². The van der Waals surface area contributed by atoms with Gasteiger partial charge in [-0.1, -0.05) is 54.6 Å². The third kappa shape index (κ3) is 4.85. The van der Waals surface area contributed by atoms with Crippen molar-refractivity contribution < 1.29 is 14.3 Å². The standard InChI is InChI=1S/C22H22N2O3/c1-27-19-8-4-5-15(12-19)13-20(22(23)26)24-21(25)14-16-9-10-17-6-2-3-7-18(17)11-16/h2-12,20H,13-14H2,1H3,(H2,23,26)(H,24,25)/t20-/m1/s1. The Morgan fingerprint density at radius 2 is 1.74 bits per heavy atom. The largest absolute Gasteiger partial charge is 0.497 e. The van der Waals surface area contributed by atoms with Gasteiger partial charge in [-0.05, 0) is 34.0 Å². The molecule has 0 aliphatic rings. The van der Waals surface area contributed by atoms with Crippen molar-refractivity contribution in [1.29, 1.82) is 0 Å². The van der Waals surface area contributed by atoms with E-state index in [1.807, 2.05) is 66.7 Å². The molecule has 0 aromatic heterocycles. The maximum absolute atomic E-state index is 12.4. The molecule has 1 atom stereocenters. The van der Waals surface area contributed by atoms with Gasteiger partial charge in [0.25, 0.3) is 0 Å². The highest BCUT2D eigenvalue weighted by atomic mass is 16.5. The Bertz CT molecular complexity index is 968. The van der Waals surface area contributed by atoms with Crippen LogP contribution in [0.4, 0.5) is 0 Å². The maximum atomic E-state index is 12.4. The maximum Gasteiger partial charge on any atom is 0.240 e. The summed E-state index contributed by atoms with van der Waals surface area (Å²) >= 11 is 0. The van der Waals surface area contributed by atoms with Crippen LogP contribution >= 0.6 is 0 Å². The molecule has 0 spiro atoms. The lowest BCUT2D eigenvalue weighted by molar-refractivity contribution is -0.127. The second-order valence-electron chi connectivity index (χ2n) is 6.44. The second-order valence-corrected chi connectivity index (χ2v) is 6.44. The monoisotopic (exact) mass is 362 g/mol. The number of fused-ring (bicyclic) bond motifs is 1. The van der Waals surface area contributed by atoms with Gasteiger partial charge in [0.15, 0.2) is 0 Å². The number of hydrogen-bond acceptors (Lipinski definition) is 3. The van der Waals surface area contributed by atoms with E-state index in [2.05, 4.69) is 5.32 Å². The number of ether oxygens (including phenoxy) is 1. The van der Waals surface area contributed by atoms with Crippen LogP contribution in [-0.2, 0) is 22.4 Å². The van der Waals surface area contributed by atoms with Gasteiger partial charge in [0.05, 0.1) is 13.5 Å². The molecular weight excluding hydrogens is 340 g/mol. The lowest BCUT2D eigenvalue weighted by atomic mass is 10.0. The molecule has 3 rings (SSSR count). The smallest absolute Gasteiger partial charge is 0.240 e. The van der Waals surface area contributed by atoms with E-state index >= 15 is 0 Å². The van der Waals surface area contributed by atoms with Gasteiger partial charge in [0.2, 0.25) is 11.8 Å². The van der Waals surface area contributed by atoms with Gasteiger partial charge in [-0.25, -0.2) is 0 Å². The van der Waals surface area contributed by atoms with Crippen LogP contribution in [0.25, 0.3) is 10.8 Å². The minimum absolute atomic E-state index is 0.187. The number of rotatable bonds is 7. The quantitative estimate of drug-likeness (QED) is 0.678. The Morgan fingerprint density at radius 3 is 2.48 bits per heavy atom. The zero-order chi connectivity index (χ0) is 19.2. The number of methoxy groups -OCH3 is 1. The van der Waals surface area contributed by atoms with Crippen molar-refractivity contribution in [2.24, 2.45) is 5.73 Å². The first kappa shape index (κ1) is 18.5. The highest BCUT2D eigenvalue weighted by molar-refractivity contribution is 5.89. The molecule has 0 heterocycles. The van der Waals surface area contributed by atoms with Crippen molar-refractivity contribution in [2.75, 3.05) is 7.11 Å². The third-order valence-corrected chi connectivity index (χ3v) is 4.43. The van der Waals surface area contributed by atoms with E-state index in [1.54, 1.807) is 7.11 Å². The average molecular weight is 362 g/mol. The average Bonchev–Trinajstić information content (AvgIpc) is 2.67. The lowest BCUT2D eigenvalue weighted by Gasteiger charge is -2.16. The third-order valence-electron chi connectivity index (χ3n) is 4.43. The van der Waals surface area contributed by atoms with Crippen molar-refractivity contribution in [3.8, 4) is 5.75 Å². The first-order valence-corrected chi connectivity index (χ1v) is 8.74. The fourth-order valence-electron chi connectivity index (χ4n) is 3.04. The van der Waals surface area contributed by atoms with E-state index in [4.69, 9.17) is 10.5 Å². The fraction of sp³-hybridized carbons (Fsp3) is 0.182. The molecule has 0 saturated carbocycles. The summed E-state index contributed by atoms with van der Waals surface area (Å²) in [6.07, 6.45) is 0.503. The van der Waals surface area contributed by atoms with E-state index in [0.717, 1.165) is 21.9 Å². The normalized spacial score (nSPS) is 11.7. The molecule has 27 heavy (non-hydrogen) atoms. The van der Waals surface area contributed by atoms with E-state index in [-0.39, 0.29) is 12.3 Å². The highest BCUT2D eigenvalue weighted by Gasteiger charge is 2.19. The molecule has 0 aliphatic carbocycles. The first-order chi connectivity index (χ1) is 13.0. The van der Waals surface area contributed by atoms with E-state index in [0.29, 0.717) is 12.2 Å². The Hall–Kier alpha value is -3.34. The number of hydrogen-bond donors (Lipinski definition) is 2. The molecule has 5 heteroatoms. The number of nitrogens with two attached hydrogens (primary N) is 1. The van der Waals surface area contributed by atoms with Crippen molar-refractivity contribution in [3.63, 3.8) is 0 Å². The summed E-state index contributed by atoms with van der Waals surface area (Å²) in [5.74, 6) is -0.111. The Labute approximate surface area is 158 Å². The molecule has 0 bridgehead atoms. The fourth-order valence-corrected chi connectivity index (χ4v) is 3.04. The molecule has 3 aromatic rings. The van der Waals surface area contributed by atoms with Crippen molar-refractivity contribution in [1.82, 2.24) is 5.32 Å². The van der Waals surface area contributed by atoms with Gasteiger partial charge in [0, 0.05) is 6.42 Å². The van der Waals surface area contributed by atoms with Crippen molar-refractivity contribution >= 4 is 22.6 Å². The summed E-state index contributed by atoms with van der Waals surface area (Å²) in [5.41, 5.74) is 7.24. The predicted molar refractivity (Wildman–Crippen MR) is 105 cm³/mol. The minimum Gasteiger partial charge on any atom is -0.497 e. The van der Waals surface area contributed by atoms with Crippen LogP contribution in [0.3, 0.4) is 0 Å². The van der Waals surface area contributed by atoms with E-state index in [9.17, 15) is 9.59 Å². The Balaban J connectivity index is 1.67. The molecular formula is C22H22N2O3. The zero-order valence-electron chi connectivity index (χ0n) is 15.1. The first-order valence-electron chi connectivity index (χ1n) is 8.74. The van der Waals surface area contributed by atoms with Crippen molar-refractivity contribution in [2.45, 2.75) is 18.9 Å². The number of nitrogens with one attached hydrogen (secondary N) is 1. The van der Waals surface area contributed by atoms with Crippen LogP contribution in [0.1, 0.15) is 11.1 Å². The molecule has 3 aromatic carbocycles. The van der Waals surface area contributed by atoms with Crippen LogP contribution in [0.5, 0.6) is 5.75 Å². The van der Waals surface area contributed by atoms with E-state index in [1.165, 1.54) is 0 Å². The number of primary amides is 1. The molecule has 0 saturated heterocycles. The van der Waals surface area contributed by atoms with Gasteiger partial charge in [-0.2, -0.15) is 0 Å². The number of carbonyl (C=O) groups excluding carboxylic acids is 2. The van der Waals surface area contributed by atoms with Crippen LogP contribution in [0.15, 0.2) is 66.7 Å². The molecule has 3 N–H and O–H groups in total. The highest BCUT2D eigenvalue weighted by Crippen LogP contribution is 2.17. The van der Waals surface area contributed by atoms with Gasteiger partial charge < -0.3 is 15.8 Å². The van der Waals surface area contributed by atoms with Gasteiger partial charge in [-0.15, -0.1) is 0 Å². The Kier molecular flexibility index (Phi) is 5.71. The zero-order valence-corrected chi connectivity index (χ0v) is 15.1. The number of carbonyl (C=O) groups is 2. The summed E-state index contributed by atoms with van der Waals surface area (Å²) in [6, 6.07) is 20.4. The predicted octanol–water partition coefficient (Wildman–Crippen LogP) is 2.60. The topological polar surface area (TPSA) is 81.4 Å². The summed E-state index contributed by atoms with van der Waals surface area (Å²) in [7, 11) is 1.58. The molecule has 138 valence electrons. The van der Waals surface area contributed by atoms with Crippen molar-refractivity contribution in [3.05, 3.63) is 77.9 Å². The van der Waals surface area contributed by atoms with Gasteiger partial charge in [-0.3, -0.25) is 9.59 Å². The molecule has 2 amide bonds. The molecule has 0 unspecified atom stereocenters. The summed E-state index contributed by atoms with van der Waals surface area (Å²) < 4.78 is 5.19. The summed E-state index contributed by atoms with van der Waals surface area (Å²) in [5, 5.41) is 4.94. The van der Waals surface area contributed by atoms with Crippen LogP contribution in [0, 0.1) is 0 Å². The minimum atomic E-state index is -0.773. The molecule has 0 aliphatic heterocycles. The lowest BCUT2D eigenvalue weighted by Crippen LogP contribution is -2.46. The van der Waals surface area contributed by atoms with E-state index < -0.39 is 11.9 Å². The number of amides is 2. The van der Waals surface area contributed by atoms with Gasteiger partial charge >= 0.3 is 0 Å². The second kappa shape index (κ2) is 8.36. The molecule has 5 nitrogen and oxygen atoms in total. The number of benzene rings is 3. The summed E-state index contributed by atoms with van der Waals surface area (Å²) in [4.78, 5) is 24.2. The SMILES string of the molecule is COc1cccc(C[C@@H](NC(=O)Cc2ccc3ccccc3c2)C(N)=O)c1. The van der Waals surface area contributed by atoms with Crippen LogP contribution in [0.2, 0.25) is 0 Å². The molecule has 0 fully saturated rings. The van der Waals surface area contributed by atoms with Crippen LogP contribution in [-0.4, -0.2) is 25.0 Å². The summed E-state index contributed by atoms with van der Waals surface area (Å²) in [6.45, 7) is 0. The Morgan fingerprint density at radius 1 is 0.963 bits per heavy atom.